The maximum atomic E-state index is 11.9. The Morgan fingerprint density at radius 1 is 1.39 bits per heavy atom. The molecule has 2 aliphatic heterocycles. The van der Waals surface area contributed by atoms with Crippen molar-refractivity contribution in [3.05, 3.63) is 29.8 Å². The number of benzene rings is 1. The van der Waals surface area contributed by atoms with Gasteiger partial charge in [-0.1, -0.05) is 12.1 Å². The lowest BCUT2D eigenvalue weighted by molar-refractivity contribution is -0.160. The molecule has 8 nitrogen and oxygen atoms in total. The van der Waals surface area contributed by atoms with Crippen molar-refractivity contribution >= 4 is 27.8 Å². The van der Waals surface area contributed by atoms with Gasteiger partial charge in [0.05, 0.1) is 24.5 Å². The second-order valence-electron chi connectivity index (χ2n) is 5.02. The normalized spacial score (nSPS) is 23.2. The number of hydrogen-bond donors (Lipinski definition) is 1. The zero-order valence-electron chi connectivity index (χ0n) is 12.0. The minimum absolute atomic E-state index is 0.0484. The largest absolute Gasteiger partial charge is 0.463 e. The van der Waals surface area contributed by atoms with E-state index in [1.165, 1.54) is 6.07 Å². The predicted molar refractivity (Wildman–Crippen MR) is 78.2 cm³/mol. The Hall–Kier alpha value is -2.42. The molecule has 9 heteroatoms. The smallest absolute Gasteiger partial charge is 0.347 e. The van der Waals surface area contributed by atoms with Crippen molar-refractivity contribution < 1.29 is 27.5 Å². The van der Waals surface area contributed by atoms with Crippen molar-refractivity contribution in [3.8, 4) is 0 Å². The zero-order chi connectivity index (χ0) is 16.4. The average molecular weight is 338 g/mol. The molecule has 2 heterocycles. The number of nitrogens with one attached hydrogen (secondary N) is 1. The number of aliphatic imine (C=N–C) groups is 1. The summed E-state index contributed by atoms with van der Waals surface area (Å²) in [5.74, 6) is -0.914. The molecule has 0 bridgehead atoms. The average Bonchev–Trinajstić information content (AvgIpc) is 3.02. The van der Waals surface area contributed by atoms with Gasteiger partial charge in [-0.2, -0.15) is 0 Å². The number of rotatable bonds is 4. The van der Waals surface area contributed by atoms with Crippen LogP contribution in [0.3, 0.4) is 0 Å². The molecule has 1 fully saturated rings. The summed E-state index contributed by atoms with van der Waals surface area (Å²) >= 11 is 0. The van der Waals surface area contributed by atoms with Gasteiger partial charge in [-0.25, -0.2) is 13.2 Å². The predicted octanol–water partition coefficient (Wildman–Crippen LogP) is -0.0261. The molecule has 0 radical (unpaired) electrons. The van der Waals surface area contributed by atoms with Crippen LogP contribution in [0.4, 0.5) is 0 Å². The van der Waals surface area contributed by atoms with Crippen molar-refractivity contribution in [3.63, 3.8) is 0 Å². The van der Waals surface area contributed by atoms with E-state index in [0.29, 0.717) is 12.0 Å². The highest BCUT2D eigenvalue weighted by molar-refractivity contribution is 7.90. The van der Waals surface area contributed by atoms with Crippen LogP contribution in [-0.2, 0) is 29.1 Å². The molecule has 1 aromatic carbocycles. The summed E-state index contributed by atoms with van der Waals surface area (Å²) in [4.78, 5) is 27.1. The fourth-order valence-corrected chi connectivity index (χ4v) is 3.56. The first-order valence-corrected chi connectivity index (χ1v) is 8.48. The Labute approximate surface area is 132 Å². The van der Waals surface area contributed by atoms with E-state index >= 15 is 0 Å². The molecule has 1 N–H and O–H groups in total. The Kier molecular flexibility index (Phi) is 4.03. The molecule has 122 valence electrons. The van der Waals surface area contributed by atoms with E-state index in [1.54, 1.807) is 18.2 Å². The Bertz CT molecular complexity index is 786. The van der Waals surface area contributed by atoms with Crippen LogP contribution in [0.1, 0.15) is 18.4 Å². The molecular weight excluding hydrogens is 324 g/mol. The highest BCUT2D eigenvalue weighted by Crippen LogP contribution is 2.22. The minimum atomic E-state index is -3.59. The van der Waals surface area contributed by atoms with E-state index in [1.807, 2.05) is 0 Å². The first kappa shape index (κ1) is 15.5. The summed E-state index contributed by atoms with van der Waals surface area (Å²) in [5.41, 5.74) is 0.472. The van der Waals surface area contributed by atoms with E-state index in [9.17, 15) is 18.0 Å². The molecule has 0 amide bonds. The molecule has 23 heavy (non-hydrogen) atoms. The van der Waals surface area contributed by atoms with E-state index in [0.717, 1.165) is 0 Å². The van der Waals surface area contributed by atoms with Gasteiger partial charge in [-0.15, -0.1) is 0 Å². The standard InChI is InChI=1S/C14H14N2O6S/c17-12(22-10-6-8-21-14(10)18)5-7-15-13-9-3-1-2-4-11(9)23(19,20)16-13/h1-4,10H,5-8H2,(H,15,16)/t10-/m0/s1. The summed E-state index contributed by atoms with van der Waals surface area (Å²) in [7, 11) is -3.59. The van der Waals surface area contributed by atoms with Crippen LogP contribution in [0.15, 0.2) is 34.2 Å². The first-order valence-electron chi connectivity index (χ1n) is 7.00. The van der Waals surface area contributed by atoms with Gasteiger partial charge in [-0.3, -0.25) is 14.5 Å². The van der Waals surface area contributed by atoms with Gasteiger partial charge in [0.15, 0.2) is 0 Å². The lowest BCUT2D eigenvalue weighted by atomic mass is 10.2. The summed E-state index contributed by atoms with van der Waals surface area (Å²) in [6.07, 6.45) is -0.551. The summed E-state index contributed by atoms with van der Waals surface area (Å²) in [6, 6.07) is 6.45. The number of carbonyl (C=O) groups is 2. The van der Waals surface area contributed by atoms with E-state index in [2.05, 4.69) is 9.71 Å². The molecule has 2 aliphatic rings. The topological polar surface area (TPSA) is 111 Å². The van der Waals surface area contributed by atoms with Crippen molar-refractivity contribution in [2.75, 3.05) is 13.2 Å². The summed E-state index contributed by atoms with van der Waals surface area (Å²) in [6.45, 7) is 0.296. The Morgan fingerprint density at radius 3 is 2.91 bits per heavy atom. The maximum Gasteiger partial charge on any atom is 0.347 e. The fourth-order valence-electron chi connectivity index (χ4n) is 2.31. The number of ether oxygens (including phenoxy) is 2. The second-order valence-corrected chi connectivity index (χ2v) is 6.67. The monoisotopic (exact) mass is 338 g/mol. The molecule has 1 saturated heterocycles. The van der Waals surface area contributed by atoms with Crippen molar-refractivity contribution in [1.29, 1.82) is 0 Å². The van der Waals surface area contributed by atoms with E-state index in [4.69, 9.17) is 9.47 Å². The van der Waals surface area contributed by atoms with Crippen molar-refractivity contribution in [1.82, 2.24) is 4.72 Å². The van der Waals surface area contributed by atoms with Crippen molar-refractivity contribution in [2.24, 2.45) is 4.99 Å². The molecule has 0 aliphatic carbocycles. The lowest BCUT2D eigenvalue weighted by Crippen LogP contribution is -2.24. The quantitative estimate of drug-likeness (QED) is 0.772. The van der Waals surface area contributed by atoms with Gasteiger partial charge >= 0.3 is 11.9 Å². The van der Waals surface area contributed by atoms with Gasteiger partial charge in [0.2, 0.25) is 6.10 Å². The number of sulfonamides is 1. The van der Waals surface area contributed by atoms with Crippen LogP contribution in [0, 0.1) is 0 Å². The van der Waals surface area contributed by atoms with Crippen LogP contribution >= 0.6 is 0 Å². The third kappa shape index (κ3) is 3.19. The third-order valence-electron chi connectivity index (χ3n) is 3.41. The minimum Gasteiger partial charge on any atom is -0.463 e. The lowest BCUT2D eigenvalue weighted by Gasteiger charge is -2.07. The molecule has 1 aromatic rings. The number of carbonyl (C=O) groups excluding carboxylic acids is 2. The zero-order valence-corrected chi connectivity index (χ0v) is 12.8. The SMILES string of the molecule is O=C(CCN=C1NS(=O)(=O)c2ccccc21)O[C@H]1CCOC1=O. The molecule has 0 unspecified atom stereocenters. The summed E-state index contributed by atoms with van der Waals surface area (Å²) < 4.78 is 35.8. The van der Waals surface area contributed by atoms with Crippen molar-refractivity contribution in [2.45, 2.75) is 23.8 Å². The van der Waals surface area contributed by atoms with Crippen LogP contribution in [-0.4, -0.2) is 45.4 Å². The molecule has 0 saturated carbocycles. The summed E-state index contributed by atoms with van der Waals surface area (Å²) in [5, 5.41) is 0. The molecule has 0 aromatic heterocycles. The Balaban J connectivity index is 1.61. The number of cyclic esters (lactones) is 1. The van der Waals surface area contributed by atoms with Gasteiger partial charge in [0.25, 0.3) is 10.0 Å². The molecule has 1 atom stereocenters. The molecule has 3 rings (SSSR count). The van der Waals surface area contributed by atoms with E-state index < -0.39 is 28.1 Å². The number of esters is 2. The second kappa shape index (κ2) is 5.99. The van der Waals surface area contributed by atoms with E-state index in [-0.39, 0.29) is 30.3 Å². The van der Waals surface area contributed by atoms with Crippen LogP contribution < -0.4 is 4.72 Å². The van der Waals surface area contributed by atoms with Gasteiger partial charge in [0, 0.05) is 12.0 Å². The van der Waals surface area contributed by atoms with Crippen LogP contribution in [0.5, 0.6) is 0 Å². The van der Waals surface area contributed by atoms with Gasteiger partial charge in [0.1, 0.15) is 5.84 Å². The molecular formula is C14H14N2O6S. The van der Waals surface area contributed by atoms with Gasteiger partial charge in [-0.05, 0) is 12.1 Å². The maximum absolute atomic E-state index is 11.9. The Morgan fingerprint density at radius 2 is 2.17 bits per heavy atom. The third-order valence-corrected chi connectivity index (χ3v) is 4.81. The number of nitrogens with zero attached hydrogens (tertiary/aromatic N) is 1. The highest BCUT2D eigenvalue weighted by Gasteiger charge is 2.31. The first-order chi connectivity index (χ1) is 11.0. The molecule has 0 spiro atoms. The van der Waals surface area contributed by atoms with Crippen LogP contribution in [0.25, 0.3) is 0 Å². The number of fused-ring (bicyclic) bond motifs is 1. The van der Waals surface area contributed by atoms with Crippen LogP contribution in [0.2, 0.25) is 0 Å². The highest BCUT2D eigenvalue weighted by atomic mass is 32.2. The fraction of sp³-hybridized carbons (Fsp3) is 0.357. The number of hydrogen-bond acceptors (Lipinski definition) is 7. The number of amidine groups is 1. The van der Waals surface area contributed by atoms with Gasteiger partial charge < -0.3 is 9.47 Å².